The number of aliphatic carboxylic acids is 1. The van der Waals surface area contributed by atoms with Crippen LogP contribution in [0.25, 0.3) is 11.3 Å². The van der Waals surface area contributed by atoms with Gasteiger partial charge in [-0.15, -0.1) is 0 Å². The minimum Gasteiger partial charge on any atom is -0.496 e. The van der Waals surface area contributed by atoms with Crippen molar-refractivity contribution in [1.82, 2.24) is 9.97 Å². The van der Waals surface area contributed by atoms with E-state index in [1.54, 1.807) is 19.6 Å². The van der Waals surface area contributed by atoms with E-state index in [1.807, 2.05) is 17.0 Å². The van der Waals surface area contributed by atoms with Crippen LogP contribution in [-0.4, -0.2) is 40.6 Å². The molecule has 5 fully saturated rings. The fourth-order valence-corrected chi connectivity index (χ4v) is 8.49. The summed E-state index contributed by atoms with van der Waals surface area (Å²) in [6.45, 7) is 2.79. The first kappa shape index (κ1) is 30.0. The van der Waals surface area contributed by atoms with Gasteiger partial charge in [-0.2, -0.15) is 0 Å². The minimum atomic E-state index is -0.750. The molecule has 2 bridgehead atoms. The second-order valence-electron chi connectivity index (χ2n) is 14.5. The average Bonchev–Trinajstić information content (AvgIpc) is 3.80. The lowest BCUT2D eigenvalue weighted by Crippen LogP contribution is -2.52. The molecule has 45 heavy (non-hydrogen) atoms. The van der Waals surface area contributed by atoms with Crippen molar-refractivity contribution in [3.8, 4) is 17.0 Å². The Hall–Kier alpha value is -3.68. The number of amides is 1. The quantitative estimate of drug-likeness (QED) is 0.249. The van der Waals surface area contributed by atoms with Gasteiger partial charge >= 0.3 is 5.97 Å². The number of aryl methyl sites for hydroxylation is 1. The summed E-state index contributed by atoms with van der Waals surface area (Å²) in [4.78, 5) is 37.3. The molecule has 2 heterocycles. The number of hydrogen-bond acceptors (Lipinski definition) is 6. The van der Waals surface area contributed by atoms with E-state index in [1.165, 1.54) is 11.1 Å². The Bertz CT molecular complexity index is 1540. The Morgan fingerprint density at radius 3 is 2.38 bits per heavy atom. The number of aromatic nitrogens is 2. The molecule has 8 heteroatoms. The summed E-state index contributed by atoms with van der Waals surface area (Å²) >= 11 is 0. The molecule has 8 rings (SSSR count). The Morgan fingerprint density at radius 1 is 1.00 bits per heavy atom. The fourth-order valence-electron chi connectivity index (χ4n) is 8.49. The van der Waals surface area contributed by atoms with E-state index in [2.05, 4.69) is 25.1 Å². The van der Waals surface area contributed by atoms with Gasteiger partial charge in [-0.3, -0.25) is 14.5 Å². The predicted octanol–water partition coefficient (Wildman–Crippen LogP) is 7.84. The maximum absolute atomic E-state index is 14.4. The number of fused-ring (bicyclic) bond motifs is 3. The summed E-state index contributed by atoms with van der Waals surface area (Å²) in [5.74, 6) is 2.27. The van der Waals surface area contributed by atoms with Crippen molar-refractivity contribution in [3.05, 3.63) is 59.8 Å². The Labute approximate surface area is 265 Å². The highest BCUT2D eigenvalue weighted by atomic mass is 16.5. The van der Waals surface area contributed by atoms with Crippen LogP contribution in [0.15, 0.2) is 47.2 Å². The standard InChI is InChI=1S/C37H45N3O5/c1-24-19-29(9-10-31(24)44-2)37-15-12-36(13-16-37,14-17-37)23-40(35(43)27-5-3-25(4-6-27)20-33(41)42)32-21-28(11-18-38-32)30-22-45-34(39-30)26-7-8-26/h9-11,18-19,21-22,25-27H,3-8,12-17,20,23H2,1-2H3,(H,41,42)/t25-,27-,36?,37?. The van der Waals surface area contributed by atoms with Crippen LogP contribution in [0, 0.1) is 24.2 Å². The molecule has 0 radical (unpaired) electrons. The monoisotopic (exact) mass is 611 g/mol. The van der Waals surface area contributed by atoms with Gasteiger partial charge in [0.15, 0.2) is 5.89 Å². The molecule has 3 aromatic rings. The van der Waals surface area contributed by atoms with Crippen LogP contribution < -0.4 is 9.64 Å². The zero-order valence-electron chi connectivity index (χ0n) is 26.6. The number of hydrogen-bond donors (Lipinski definition) is 1. The lowest BCUT2D eigenvalue weighted by Gasteiger charge is -2.55. The van der Waals surface area contributed by atoms with E-state index >= 15 is 0 Å². The molecule has 0 saturated heterocycles. The van der Waals surface area contributed by atoms with Crippen molar-refractivity contribution in [2.75, 3.05) is 18.6 Å². The molecule has 1 N–H and O–H groups in total. The van der Waals surface area contributed by atoms with Crippen LogP contribution in [0.4, 0.5) is 5.82 Å². The van der Waals surface area contributed by atoms with E-state index in [9.17, 15) is 14.7 Å². The molecule has 5 aliphatic carbocycles. The number of nitrogens with zero attached hydrogens (tertiary/aromatic N) is 3. The summed E-state index contributed by atoms with van der Waals surface area (Å²) in [5, 5.41) is 9.30. The summed E-state index contributed by atoms with van der Waals surface area (Å²) in [7, 11) is 1.73. The zero-order chi connectivity index (χ0) is 31.2. The topological polar surface area (TPSA) is 106 Å². The van der Waals surface area contributed by atoms with E-state index < -0.39 is 5.97 Å². The number of benzene rings is 1. The molecule has 0 atom stereocenters. The van der Waals surface area contributed by atoms with Gasteiger partial charge in [-0.05, 0) is 130 Å². The largest absolute Gasteiger partial charge is 0.496 e. The van der Waals surface area contributed by atoms with Gasteiger partial charge in [0.1, 0.15) is 23.5 Å². The van der Waals surface area contributed by atoms with Crippen molar-refractivity contribution < 1.29 is 23.8 Å². The first-order valence-corrected chi connectivity index (χ1v) is 16.9. The number of carbonyl (C=O) groups excluding carboxylic acids is 1. The SMILES string of the molecule is COc1ccc(C23CCC(CN(c4cc(-c5coc(C6CC6)n5)ccn4)C(=O)[C@H]4CC[C@H](CC(=O)O)CC4)(CC2)CC3)cc1C. The molecular formula is C37H45N3O5. The maximum atomic E-state index is 14.4. The van der Waals surface area contributed by atoms with Crippen LogP contribution >= 0.6 is 0 Å². The number of anilines is 1. The molecular weight excluding hydrogens is 566 g/mol. The lowest BCUT2D eigenvalue weighted by atomic mass is 9.51. The number of methoxy groups -OCH3 is 1. The van der Waals surface area contributed by atoms with Crippen molar-refractivity contribution in [2.45, 2.75) is 102 Å². The second-order valence-corrected chi connectivity index (χ2v) is 14.5. The highest BCUT2D eigenvalue weighted by Crippen LogP contribution is 2.58. The van der Waals surface area contributed by atoms with Gasteiger partial charge in [-0.1, -0.05) is 12.1 Å². The van der Waals surface area contributed by atoms with Gasteiger partial charge in [0.25, 0.3) is 0 Å². The molecule has 5 saturated carbocycles. The summed E-state index contributed by atoms with van der Waals surface area (Å²) in [6, 6.07) is 10.6. The highest BCUT2D eigenvalue weighted by Gasteiger charge is 2.51. The maximum Gasteiger partial charge on any atom is 0.303 e. The van der Waals surface area contributed by atoms with E-state index in [0.29, 0.717) is 18.3 Å². The van der Waals surface area contributed by atoms with E-state index in [0.717, 1.165) is 99.9 Å². The van der Waals surface area contributed by atoms with Crippen LogP contribution in [0.1, 0.15) is 106 Å². The smallest absolute Gasteiger partial charge is 0.303 e. The van der Waals surface area contributed by atoms with Crippen LogP contribution in [0.2, 0.25) is 0 Å². The molecule has 238 valence electrons. The van der Waals surface area contributed by atoms with Gasteiger partial charge < -0.3 is 14.3 Å². The predicted molar refractivity (Wildman–Crippen MR) is 171 cm³/mol. The molecule has 5 aliphatic rings. The average molecular weight is 612 g/mol. The third-order valence-electron chi connectivity index (χ3n) is 11.6. The second kappa shape index (κ2) is 11.9. The fraction of sp³-hybridized carbons (Fsp3) is 0.568. The molecule has 0 spiro atoms. The van der Waals surface area contributed by atoms with E-state index in [4.69, 9.17) is 19.1 Å². The highest BCUT2D eigenvalue weighted by molar-refractivity contribution is 5.95. The number of rotatable bonds is 10. The third-order valence-corrected chi connectivity index (χ3v) is 11.6. The van der Waals surface area contributed by atoms with Crippen molar-refractivity contribution in [3.63, 3.8) is 0 Å². The molecule has 2 aromatic heterocycles. The number of oxazole rings is 1. The van der Waals surface area contributed by atoms with Gasteiger partial charge in [0.05, 0.1) is 7.11 Å². The molecule has 8 nitrogen and oxygen atoms in total. The van der Waals surface area contributed by atoms with E-state index in [-0.39, 0.29) is 35.0 Å². The van der Waals surface area contributed by atoms with Crippen LogP contribution in [0.3, 0.4) is 0 Å². The Kier molecular flexibility index (Phi) is 7.95. The van der Waals surface area contributed by atoms with Crippen molar-refractivity contribution in [1.29, 1.82) is 0 Å². The first-order chi connectivity index (χ1) is 21.8. The first-order valence-electron chi connectivity index (χ1n) is 16.9. The Balaban J connectivity index is 1.13. The number of pyridine rings is 1. The summed E-state index contributed by atoms with van der Waals surface area (Å²) in [5.41, 5.74) is 4.56. The normalized spacial score (nSPS) is 27.7. The third kappa shape index (κ3) is 6.00. The summed E-state index contributed by atoms with van der Waals surface area (Å²) in [6.07, 6.45) is 15.6. The zero-order valence-corrected chi connectivity index (χ0v) is 26.6. The molecule has 0 aliphatic heterocycles. The van der Waals surface area contributed by atoms with Gasteiger partial charge in [-0.25, -0.2) is 9.97 Å². The number of ether oxygens (including phenoxy) is 1. The molecule has 1 amide bonds. The van der Waals surface area contributed by atoms with Gasteiger partial charge in [0, 0.05) is 36.6 Å². The number of carbonyl (C=O) groups is 2. The Morgan fingerprint density at radius 2 is 1.73 bits per heavy atom. The summed E-state index contributed by atoms with van der Waals surface area (Å²) < 4.78 is 11.3. The lowest BCUT2D eigenvalue weighted by molar-refractivity contribution is -0.138. The van der Waals surface area contributed by atoms with Crippen LogP contribution in [-0.2, 0) is 15.0 Å². The number of carboxylic acids is 1. The van der Waals surface area contributed by atoms with Crippen molar-refractivity contribution >= 4 is 17.7 Å². The van der Waals surface area contributed by atoms with Crippen LogP contribution in [0.5, 0.6) is 5.75 Å². The molecule has 0 unspecified atom stereocenters. The van der Waals surface area contributed by atoms with Crippen molar-refractivity contribution in [2.24, 2.45) is 17.3 Å². The minimum absolute atomic E-state index is 0.0597. The molecule has 1 aromatic carbocycles. The van der Waals surface area contributed by atoms with Gasteiger partial charge in [0.2, 0.25) is 5.91 Å². The number of carboxylic acid groups (broad SMARTS) is 1.